The largest absolute Gasteiger partial charge is 0.367 e. The van der Waals surface area contributed by atoms with Crippen molar-refractivity contribution in [1.29, 1.82) is 5.26 Å². The van der Waals surface area contributed by atoms with Gasteiger partial charge in [0.15, 0.2) is 0 Å². The van der Waals surface area contributed by atoms with Crippen LogP contribution in [0.5, 0.6) is 0 Å². The maximum absolute atomic E-state index is 14.0. The molecule has 4 rings (SSSR count). The van der Waals surface area contributed by atoms with Crippen LogP contribution in [-0.4, -0.2) is 54.4 Å². The van der Waals surface area contributed by atoms with Gasteiger partial charge in [-0.3, -0.25) is 9.59 Å². The third-order valence-electron chi connectivity index (χ3n) is 6.77. The number of hydrogen-bond donors (Lipinski definition) is 2. The van der Waals surface area contributed by atoms with Gasteiger partial charge in [0.05, 0.1) is 23.5 Å². The Balaban J connectivity index is 1.42. The lowest BCUT2D eigenvalue weighted by atomic mass is 9.98. The fraction of sp³-hybridized carbons (Fsp3) is 0.310. The summed E-state index contributed by atoms with van der Waals surface area (Å²) in [4.78, 5) is 33.3. The van der Waals surface area contributed by atoms with Gasteiger partial charge in [0.25, 0.3) is 0 Å². The van der Waals surface area contributed by atoms with Gasteiger partial charge in [-0.05, 0) is 53.4 Å². The summed E-state index contributed by atoms with van der Waals surface area (Å²) in [5, 5.41) is 15.1. The normalized spacial score (nSPS) is 14.9. The second-order valence-corrected chi connectivity index (χ2v) is 9.42. The van der Waals surface area contributed by atoms with Crippen molar-refractivity contribution in [2.45, 2.75) is 25.8 Å². The van der Waals surface area contributed by atoms with E-state index in [1.807, 2.05) is 30.0 Å². The molecule has 2 amide bonds. The van der Waals surface area contributed by atoms with Crippen molar-refractivity contribution in [3.05, 3.63) is 89.4 Å². The molecule has 9 heteroatoms. The molecule has 0 aliphatic carbocycles. The summed E-state index contributed by atoms with van der Waals surface area (Å²) in [6.45, 7) is 6.82. The SMILES string of the molecule is CC(=O)N1CCN(c2ccc(NC(=O)C(NC[C@@H](C)c3ccc(C#N)cc3)c3cccc(F)c3)nc2)CC1. The van der Waals surface area contributed by atoms with Crippen LogP contribution in [-0.2, 0) is 9.59 Å². The molecule has 1 saturated heterocycles. The molecule has 1 aliphatic rings. The van der Waals surface area contributed by atoms with Crippen LogP contribution in [0, 0.1) is 17.1 Å². The molecule has 1 unspecified atom stereocenters. The number of carbonyl (C=O) groups excluding carboxylic acids is 2. The first-order valence-electron chi connectivity index (χ1n) is 12.6. The van der Waals surface area contributed by atoms with Crippen LogP contribution in [0.2, 0.25) is 0 Å². The summed E-state index contributed by atoms with van der Waals surface area (Å²) < 4.78 is 14.0. The number of hydrogen-bond acceptors (Lipinski definition) is 6. The predicted molar refractivity (Wildman–Crippen MR) is 144 cm³/mol. The maximum atomic E-state index is 14.0. The van der Waals surface area contributed by atoms with Crippen LogP contribution in [0.3, 0.4) is 0 Å². The molecule has 1 aliphatic heterocycles. The molecule has 0 spiro atoms. The van der Waals surface area contributed by atoms with E-state index in [4.69, 9.17) is 5.26 Å². The fourth-order valence-corrected chi connectivity index (χ4v) is 4.47. The molecule has 0 bridgehead atoms. The van der Waals surface area contributed by atoms with Crippen molar-refractivity contribution in [3.8, 4) is 6.07 Å². The number of pyridine rings is 1. The second-order valence-electron chi connectivity index (χ2n) is 9.42. The van der Waals surface area contributed by atoms with Gasteiger partial charge in [-0.1, -0.05) is 31.2 Å². The highest BCUT2D eigenvalue weighted by atomic mass is 19.1. The smallest absolute Gasteiger partial charge is 0.247 e. The first kappa shape index (κ1) is 26.8. The Morgan fingerprint density at radius 2 is 1.79 bits per heavy atom. The molecule has 196 valence electrons. The topological polar surface area (TPSA) is 101 Å². The molecule has 2 atom stereocenters. The Morgan fingerprint density at radius 3 is 2.39 bits per heavy atom. The van der Waals surface area contributed by atoms with Gasteiger partial charge in [0.2, 0.25) is 11.8 Å². The average Bonchev–Trinajstić information content (AvgIpc) is 2.93. The van der Waals surface area contributed by atoms with Crippen molar-refractivity contribution < 1.29 is 14.0 Å². The first-order chi connectivity index (χ1) is 18.3. The molecule has 8 nitrogen and oxygen atoms in total. The first-order valence-corrected chi connectivity index (χ1v) is 12.6. The Bertz CT molecular complexity index is 1300. The van der Waals surface area contributed by atoms with Crippen molar-refractivity contribution in [3.63, 3.8) is 0 Å². The minimum atomic E-state index is -0.798. The van der Waals surface area contributed by atoms with Crippen molar-refractivity contribution in [1.82, 2.24) is 15.2 Å². The monoisotopic (exact) mass is 514 g/mol. The predicted octanol–water partition coefficient (Wildman–Crippen LogP) is 3.83. The molecule has 38 heavy (non-hydrogen) atoms. The summed E-state index contributed by atoms with van der Waals surface area (Å²) in [6.07, 6.45) is 1.70. The van der Waals surface area contributed by atoms with Gasteiger partial charge in [-0.2, -0.15) is 5.26 Å². The number of nitriles is 1. The molecule has 0 saturated carbocycles. The fourth-order valence-electron chi connectivity index (χ4n) is 4.47. The van der Waals surface area contributed by atoms with Crippen LogP contribution in [0.15, 0.2) is 66.9 Å². The molecule has 0 radical (unpaired) electrons. The zero-order valence-corrected chi connectivity index (χ0v) is 21.5. The highest BCUT2D eigenvalue weighted by molar-refractivity contribution is 5.94. The van der Waals surface area contributed by atoms with Gasteiger partial charge < -0.3 is 20.4 Å². The molecule has 2 heterocycles. The molecule has 2 N–H and O–H groups in total. The number of aromatic nitrogens is 1. The van der Waals surface area contributed by atoms with Gasteiger partial charge in [0.1, 0.15) is 17.7 Å². The highest BCUT2D eigenvalue weighted by Gasteiger charge is 2.23. The van der Waals surface area contributed by atoms with Crippen LogP contribution < -0.4 is 15.5 Å². The molecular formula is C29H31FN6O2. The third-order valence-corrected chi connectivity index (χ3v) is 6.77. The maximum Gasteiger partial charge on any atom is 0.247 e. The van der Waals surface area contributed by atoms with E-state index in [9.17, 15) is 14.0 Å². The summed E-state index contributed by atoms with van der Waals surface area (Å²) in [7, 11) is 0. The molecule has 3 aromatic rings. The van der Waals surface area contributed by atoms with Crippen LogP contribution in [0.1, 0.15) is 42.5 Å². The van der Waals surface area contributed by atoms with E-state index in [1.165, 1.54) is 12.1 Å². The van der Waals surface area contributed by atoms with E-state index in [0.29, 0.717) is 36.6 Å². The number of nitrogens with one attached hydrogen (secondary N) is 2. The molecule has 1 aromatic heterocycles. The lowest BCUT2D eigenvalue weighted by Crippen LogP contribution is -2.48. The molecule has 2 aromatic carbocycles. The van der Waals surface area contributed by atoms with Gasteiger partial charge in [-0.25, -0.2) is 9.37 Å². The van der Waals surface area contributed by atoms with E-state index in [1.54, 1.807) is 43.5 Å². The molecule has 1 fully saturated rings. The van der Waals surface area contributed by atoms with Gasteiger partial charge in [0, 0.05) is 39.6 Å². The second kappa shape index (κ2) is 12.3. The van der Waals surface area contributed by atoms with Crippen molar-refractivity contribution in [2.24, 2.45) is 0 Å². The number of rotatable bonds is 8. The van der Waals surface area contributed by atoms with E-state index < -0.39 is 11.9 Å². The summed E-state index contributed by atoms with van der Waals surface area (Å²) in [5.74, 6) is -0.252. The Morgan fingerprint density at radius 1 is 1.05 bits per heavy atom. The van der Waals surface area contributed by atoms with Crippen LogP contribution in [0.4, 0.5) is 15.9 Å². The zero-order valence-electron chi connectivity index (χ0n) is 21.5. The minimum absolute atomic E-state index is 0.0486. The number of carbonyl (C=O) groups is 2. The molecular weight excluding hydrogens is 483 g/mol. The van der Waals surface area contributed by atoms with Crippen LogP contribution in [0.25, 0.3) is 0 Å². The Hall–Kier alpha value is -4.29. The number of piperazine rings is 1. The van der Waals surface area contributed by atoms with E-state index in [2.05, 4.69) is 26.6 Å². The van der Waals surface area contributed by atoms with Crippen molar-refractivity contribution >= 4 is 23.3 Å². The van der Waals surface area contributed by atoms with E-state index in [-0.39, 0.29) is 17.7 Å². The Kier molecular flexibility index (Phi) is 8.66. The number of halogens is 1. The summed E-state index contributed by atoms with van der Waals surface area (Å²) >= 11 is 0. The number of amides is 2. The van der Waals surface area contributed by atoms with Crippen LogP contribution >= 0.6 is 0 Å². The Labute approximate surface area is 222 Å². The lowest BCUT2D eigenvalue weighted by molar-refractivity contribution is -0.129. The standard InChI is InChI=1S/C29H31FN6O2/c1-20(23-8-6-22(17-31)7-9-23)18-33-28(24-4-3-5-25(30)16-24)29(38)34-27-11-10-26(19-32-27)36-14-12-35(13-15-36)21(2)37/h3-11,16,19-20,28,33H,12-15,18H2,1-2H3,(H,32,34,38)/t20-,28?/m1/s1. The number of anilines is 2. The third kappa shape index (κ3) is 6.72. The van der Waals surface area contributed by atoms with Crippen molar-refractivity contribution in [2.75, 3.05) is 42.9 Å². The van der Waals surface area contributed by atoms with E-state index >= 15 is 0 Å². The average molecular weight is 515 g/mol. The number of benzene rings is 2. The number of nitrogens with zero attached hydrogens (tertiary/aromatic N) is 4. The van der Waals surface area contributed by atoms with E-state index in [0.717, 1.165) is 24.3 Å². The zero-order chi connectivity index (χ0) is 27.1. The highest BCUT2D eigenvalue weighted by Crippen LogP contribution is 2.22. The van der Waals surface area contributed by atoms with Gasteiger partial charge >= 0.3 is 0 Å². The van der Waals surface area contributed by atoms with Gasteiger partial charge in [-0.15, -0.1) is 0 Å². The summed E-state index contributed by atoms with van der Waals surface area (Å²) in [6, 6.07) is 18.2. The quantitative estimate of drug-likeness (QED) is 0.474. The minimum Gasteiger partial charge on any atom is -0.367 e. The summed E-state index contributed by atoms with van der Waals surface area (Å²) in [5.41, 5.74) is 3.04. The lowest BCUT2D eigenvalue weighted by Gasteiger charge is -2.35.